The monoisotopic (exact) mass is 212 g/mol. The van der Waals surface area contributed by atoms with Crippen molar-refractivity contribution in [2.24, 2.45) is 0 Å². The van der Waals surface area contributed by atoms with Crippen molar-refractivity contribution < 1.29 is 0 Å². The SMILES string of the molecule is CC[C@@H](C)c1ccccc1Br. The van der Waals surface area contributed by atoms with Crippen molar-refractivity contribution >= 4 is 15.9 Å². The third-order valence-electron chi connectivity index (χ3n) is 2.05. The van der Waals surface area contributed by atoms with E-state index in [1.807, 2.05) is 0 Å². The Hall–Kier alpha value is -0.300. The molecule has 1 aromatic rings. The van der Waals surface area contributed by atoms with Crippen LogP contribution in [0.1, 0.15) is 31.7 Å². The standard InChI is InChI=1S/C10H13Br/c1-3-8(2)9-6-4-5-7-10(9)11/h4-8H,3H2,1-2H3/t8-/m1/s1. The van der Waals surface area contributed by atoms with Gasteiger partial charge in [0, 0.05) is 4.47 Å². The maximum Gasteiger partial charge on any atom is 0.0210 e. The normalized spacial score (nSPS) is 13.0. The maximum atomic E-state index is 3.54. The summed E-state index contributed by atoms with van der Waals surface area (Å²) in [6, 6.07) is 8.42. The molecule has 0 saturated carbocycles. The van der Waals surface area contributed by atoms with Crippen molar-refractivity contribution in [3.8, 4) is 0 Å². The minimum Gasteiger partial charge on any atom is -0.0648 e. The zero-order valence-electron chi connectivity index (χ0n) is 6.97. The molecule has 0 unspecified atom stereocenters. The summed E-state index contributed by atoms with van der Waals surface area (Å²) in [5.41, 5.74) is 1.41. The first-order valence-corrected chi connectivity index (χ1v) is 4.79. The molecule has 0 N–H and O–H groups in total. The summed E-state index contributed by atoms with van der Waals surface area (Å²) in [5, 5.41) is 0. The lowest BCUT2D eigenvalue weighted by Gasteiger charge is -2.10. The Balaban J connectivity index is 2.93. The summed E-state index contributed by atoms with van der Waals surface area (Å²) in [6.07, 6.45) is 1.20. The second-order valence-corrected chi connectivity index (χ2v) is 3.69. The minimum atomic E-state index is 0.658. The molecule has 0 aromatic heterocycles. The second kappa shape index (κ2) is 3.91. The van der Waals surface area contributed by atoms with Crippen LogP contribution in [0.2, 0.25) is 0 Å². The van der Waals surface area contributed by atoms with Crippen molar-refractivity contribution in [3.63, 3.8) is 0 Å². The van der Waals surface area contributed by atoms with Crippen LogP contribution in [0.4, 0.5) is 0 Å². The molecule has 60 valence electrons. The smallest absolute Gasteiger partial charge is 0.0210 e. The molecular formula is C10H13Br. The van der Waals surface area contributed by atoms with Crippen molar-refractivity contribution in [1.29, 1.82) is 0 Å². The van der Waals surface area contributed by atoms with Crippen LogP contribution in [0, 0.1) is 0 Å². The summed E-state index contributed by atoms with van der Waals surface area (Å²) >= 11 is 3.54. The summed E-state index contributed by atoms with van der Waals surface area (Å²) in [4.78, 5) is 0. The van der Waals surface area contributed by atoms with Gasteiger partial charge in [-0.25, -0.2) is 0 Å². The predicted molar refractivity (Wildman–Crippen MR) is 52.8 cm³/mol. The van der Waals surface area contributed by atoms with Gasteiger partial charge in [0.15, 0.2) is 0 Å². The molecule has 1 rings (SSSR count). The van der Waals surface area contributed by atoms with E-state index in [0.717, 1.165) is 0 Å². The lowest BCUT2D eigenvalue weighted by atomic mass is 9.99. The van der Waals surface area contributed by atoms with Gasteiger partial charge in [-0.3, -0.25) is 0 Å². The van der Waals surface area contributed by atoms with Crippen LogP contribution < -0.4 is 0 Å². The molecule has 0 aliphatic carbocycles. The highest BCUT2D eigenvalue weighted by Crippen LogP contribution is 2.26. The van der Waals surface area contributed by atoms with Gasteiger partial charge in [0.2, 0.25) is 0 Å². The number of benzene rings is 1. The zero-order chi connectivity index (χ0) is 8.27. The molecule has 0 spiro atoms. The van der Waals surface area contributed by atoms with Gasteiger partial charge in [0.1, 0.15) is 0 Å². The van der Waals surface area contributed by atoms with E-state index < -0.39 is 0 Å². The van der Waals surface area contributed by atoms with Crippen LogP contribution in [0.15, 0.2) is 28.7 Å². The fourth-order valence-electron chi connectivity index (χ4n) is 1.09. The van der Waals surface area contributed by atoms with Gasteiger partial charge >= 0.3 is 0 Å². The summed E-state index contributed by atoms with van der Waals surface area (Å²) in [6.45, 7) is 4.46. The Morgan fingerprint density at radius 2 is 2.00 bits per heavy atom. The van der Waals surface area contributed by atoms with Crippen LogP contribution in [0.3, 0.4) is 0 Å². The molecule has 0 bridgehead atoms. The average molecular weight is 213 g/mol. The van der Waals surface area contributed by atoms with Crippen LogP contribution in [0.5, 0.6) is 0 Å². The van der Waals surface area contributed by atoms with Crippen LogP contribution in [0.25, 0.3) is 0 Å². The average Bonchev–Trinajstić information content (AvgIpc) is 2.04. The molecule has 0 aliphatic rings. The predicted octanol–water partition coefficient (Wildman–Crippen LogP) is 3.96. The van der Waals surface area contributed by atoms with E-state index in [-0.39, 0.29) is 0 Å². The van der Waals surface area contributed by atoms with Gasteiger partial charge in [-0.1, -0.05) is 48.0 Å². The quantitative estimate of drug-likeness (QED) is 0.697. The number of hydrogen-bond donors (Lipinski definition) is 0. The highest BCUT2D eigenvalue weighted by molar-refractivity contribution is 9.10. The first-order chi connectivity index (χ1) is 5.25. The zero-order valence-corrected chi connectivity index (χ0v) is 8.56. The molecule has 0 aliphatic heterocycles. The van der Waals surface area contributed by atoms with Gasteiger partial charge in [0.05, 0.1) is 0 Å². The molecule has 0 heterocycles. The Morgan fingerprint density at radius 3 is 2.55 bits per heavy atom. The Labute approximate surface area is 76.8 Å². The molecule has 0 radical (unpaired) electrons. The maximum absolute atomic E-state index is 3.54. The van der Waals surface area contributed by atoms with E-state index in [1.165, 1.54) is 16.5 Å². The van der Waals surface area contributed by atoms with Crippen molar-refractivity contribution in [2.75, 3.05) is 0 Å². The fraction of sp³-hybridized carbons (Fsp3) is 0.400. The highest BCUT2D eigenvalue weighted by atomic mass is 79.9. The van der Waals surface area contributed by atoms with E-state index in [0.29, 0.717) is 5.92 Å². The lowest BCUT2D eigenvalue weighted by molar-refractivity contribution is 0.730. The second-order valence-electron chi connectivity index (χ2n) is 2.83. The van der Waals surface area contributed by atoms with Gasteiger partial charge in [-0.2, -0.15) is 0 Å². The minimum absolute atomic E-state index is 0.658. The number of halogens is 1. The van der Waals surface area contributed by atoms with E-state index in [4.69, 9.17) is 0 Å². The molecule has 11 heavy (non-hydrogen) atoms. The number of rotatable bonds is 2. The highest BCUT2D eigenvalue weighted by Gasteiger charge is 2.04. The Bertz CT molecular complexity index is 230. The van der Waals surface area contributed by atoms with Gasteiger partial charge in [-0.05, 0) is 24.0 Å². The van der Waals surface area contributed by atoms with Crippen LogP contribution in [-0.4, -0.2) is 0 Å². The molecule has 1 atom stereocenters. The third kappa shape index (κ3) is 2.06. The molecular weight excluding hydrogens is 200 g/mol. The third-order valence-corrected chi connectivity index (χ3v) is 2.77. The molecule has 0 nitrogen and oxygen atoms in total. The molecule has 0 fully saturated rings. The first kappa shape index (κ1) is 8.79. The van der Waals surface area contributed by atoms with Crippen molar-refractivity contribution in [2.45, 2.75) is 26.2 Å². The van der Waals surface area contributed by atoms with Gasteiger partial charge in [0.25, 0.3) is 0 Å². The largest absolute Gasteiger partial charge is 0.0648 e. The van der Waals surface area contributed by atoms with E-state index in [1.54, 1.807) is 0 Å². The Morgan fingerprint density at radius 1 is 1.36 bits per heavy atom. The van der Waals surface area contributed by atoms with Crippen LogP contribution >= 0.6 is 15.9 Å². The number of hydrogen-bond acceptors (Lipinski definition) is 0. The van der Waals surface area contributed by atoms with E-state index in [2.05, 4.69) is 54.0 Å². The van der Waals surface area contributed by atoms with Crippen molar-refractivity contribution in [3.05, 3.63) is 34.3 Å². The molecule has 0 amide bonds. The topological polar surface area (TPSA) is 0 Å². The summed E-state index contributed by atoms with van der Waals surface area (Å²) < 4.78 is 1.23. The van der Waals surface area contributed by atoms with Crippen LogP contribution in [-0.2, 0) is 0 Å². The lowest BCUT2D eigenvalue weighted by Crippen LogP contribution is -1.91. The van der Waals surface area contributed by atoms with Gasteiger partial charge < -0.3 is 0 Å². The molecule has 1 heteroatoms. The van der Waals surface area contributed by atoms with Crippen molar-refractivity contribution in [1.82, 2.24) is 0 Å². The molecule has 1 aromatic carbocycles. The van der Waals surface area contributed by atoms with E-state index in [9.17, 15) is 0 Å². The Kier molecular flexibility index (Phi) is 3.13. The van der Waals surface area contributed by atoms with E-state index >= 15 is 0 Å². The first-order valence-electron chi connectivity index (χ1n) is 4.00. The summed E-state index contributed by atoms with van der Waals surface area (Å²) in [7, 11) is 0. The fourth-order valence-corrected chi connectivity index (χ4v) is 1.77. The van der Waals surface area contributed by atoms with Gasteiger partial charge in [-0.15, -0.1) is 0 Å². The molecule has 0 saturated heterocycles. The summed E-state index contributed by atoms with van der Waals surface area (Å²) in [5.74, 6) is 0.658.